The van der Waals surface area contributed by atoms with Gasteiger partial charge in [0, 0.05) is 43.0 Å². The van der Waals surface area contributed by atoms with Crippen LogP contribution in [0, 0.1) is 5.92 Å². The van der Waals surface area contributed by atoms with Crippen molar-refractivity contribution in [1.82, 2.24) is 9.88 Å². The summed E-state index contributed by atoms with van der Waals surface area (Å²) in [5, 5.41) is 9.95. The van der Waals surface area contributed by atoms with Crippen LogP contribution in [0.5, 0.6) is 5.75 Å². The summed E-state index contributed by atoms with van der Waals surface area (Å²) >= 11 is 0. The number of carbonyl (C=O) groups is 1. The lowest BCUT2D eigenvalue weighted by Gasteiger charge is -2.23. The quantitative estimate of drug-likeness (QED) is 0.878. The molecule has 25 heavy (non-hydrogen) atoms. The van der Waals surface area contributed by atoms with E-state index in [1.807, 2.05) is 24.3 Å². The molecule has 0 bridgehead atoms. The van der Waals surface area contributed by atoms with Gasteiger partial charge in [-0.2, -0.15) is 0 Å². The molecule has 2 atom stereocenters. The number of benzene rings is 1. The molecule has 2 unspecified atom stereocenters. The van der Waals surface area contributed by atoms with E-state index >= 15 is 0 Å². The summed E-state index contributed by atoms with van der Waals surface area (Å²) in [6.07, 6.45) is 6.04. The molecular formula is C20H24N2O3. The van der Waals surface area contributed by atoms with Crippen molar-refractivity contribution in [1.29, 1.82) is 0 Å². The molecule has 1 aromatic carbocycles. The highest BCUT2D eigenvalue weighted by molar-refractivity contribution is 5.94. The van der Waals surface area contributed by atoms with Crippen LogP contribution in [-0.2, 0) is 6.61 Å². The smallest absolute Gasteiger partial charge is 0.253 e. The van der Waals surface area contributed by atoms with Crippen molar-refractivity contribution in [2.45, 2.75) is 32.0 Å². The number of rotatable bonds is 6. The van der Waals surface area contributed by atoms with E-state index in [9.17, 15) is 9.90 Å². The number of aliphatic hydroxyl groups is 1. The summed E-state index contributed by atoms with van der Waals surface area (Å²) in [4.78, 5) is 18.4. The van der Waals surface area contributed by atoms with Crippen LogP contribution in [-0.4, -0.2) is 40.6 Å². The van der Waals surface area contributed by atoms with Gasteiger partial charge in [0.05, 0.1) is 6.10 Å². The molecule has 1 aromatic heterocycles. The largest absolute Gasteiger partial charge is 0.489 e. The summed E-state index contributed by atoms with van der Waals surface area (Å²) in [5.74, 6) is 0.786. The number of hydrogen-bond acceptors (Lipinski definition) is 4. The van der Waals surface area contributed by atoms with Crippen LogP contribution in [0.2, 0.25) is 0 Å². The Morgan fingerprint density at radius 1 is 1.32 bits per heavy atom. The third-order valence-corrected chi connectivity index (χ3v) is 4.68. The first-order chi connectivity index (χ1) is 12.1. The van der Waals surface area contributed by atoms with Crippen molar-refractivity contribution in [2.24, 2.45) is 5.92 Å². The zero-order chi connectivity index (χ0) is 17.6. The van der Waals surface area contributed by atoms with Crippen LogP contribution < -0.4 is 4.74 Å². The van der Waals surface area contributed by atoms with Gasteiger partial charge in [-0.25, -0.2) is 0 Å². The van der Waals surface area contributed by atoms with E-state index in [1.54, 1.807) is 36.5 Å². The predicted molar refractivity (Wildman–Crippen MR) is 95.3 cm³/mol. The highest BCUT2D eigenvalue weighted by Crippen LogP contribution is 2.26. The number of aromatic nitrogens is 1. The first-order valence-electron chi connectivity index (χ1n) is 8.69. The maximum absolute atomic E-state index is 12.6. The van der Waals surface area contributed by atoms with Gasteiger partial charge < -0.3 is 14.7 Å². The summed E-state index contributed by atoms with van der Waals surface area (Å²) in [7, 11) is 1.79. The summed E-state index contributed by atoms with van der Waals surface area (Å²) < 4.78 is 5.76. The number of aliphatic hydroxyl groups excluding tert-OH is 1. The molecular weight excluding hydrogens is 316 g/mol. The number of carbonyl (C=O) groups excluding carboxylic acids is 1. The summed E-state index contributed by atoms with van der Waals surface area (Å²) in [5.41, 5.74) is 1.57. The average Bonchev–Trinajstić information content (AvgIpc) is 3.05. The Bertz CT molecular complexity index is 705. The van der Waals surface area contributed by atoms with Gasteiger partial charge in [-0.15, -0.1) is 0 Å². The Morgan fingerprint density at radius 3 is 2.92 bits per heavy atom. The van der Waals surface area contributed by atoms with Crippen molar-refractivity contribution in [3.63, 3.8) is 0 Å². The van der Waals surface area contributed by atoms with Crippen molar-refractivity contribution in [2.75, 3.05) is 13.6 Å². The van der Waals surface area contributed by atoms with Crippen molar-refractivity contribution in [3.8, 4) is 5.75 Å². The standard InChI is InChI=1S/C20H24N2O3/c1-22(13-17-7-3-9-19(17)23)20(24)16-6-2-8-18(11-16)25-14-15-5-4-10-21-12-15/h2,4-6,8,10-12,17,19,23H,3,7,9,13-14H2,1H3. The van der Waals surface area contributed by atoms with Gasteiger partial charge in [-0.1, -0.05) is 18.6 Å². The number of amides is 1. The first-order valence-corrected chi connectivity index (χ1v) is 8.69. The molecule has 3 rings (SSSR count). The Morgan fingerprint density at radius 2 is 2.20 bits per heavy atom. The monoisotopic (exact) mass is 340 g/mol. The molecule has 1 aliphatic rings. The molecule has 1 fully saturated rings. The fourth-order valence-corrected chi connectivity index (χ4v) is 3.25. The number of ether oxygens (including phenoxy) is 1. The second-order valence-electron chi connectivity index (χ2n) is 6.62. The first kappa shape index (κ1) is 17.4. The number of nitrogens with zero attached hydrogens (tertiary/aromatic N) is 2. The third-order valence-electron chi connectivity index (χ3n) is 4.68. The highest BCUT2D eigenvalue weighted by Gasteiger charge is 2.27. The molecule has 0 saturated heterocycles. The minimum Gasteiger partial charge on any atom is -0.489 e. The zero-order valence-corrected chi connectivity index (χ0v) is 14.5. The maximum Gasteiger partial charge on any atom is 0.253 e. The van der Waals surface area contributed by atoms with Gasteiger partial charge in [-0.3, -0.25) is 9.78 Å². The van der Waals surface area contributed by atoms with Crippen LogP contribution in [0.3, 0.4) is 0 Å². The molecule has 1 aliphatic carbocycles. The molecule has 5 heteroatoms. The normalized spacial score (nSPS) is 19.6. The molecule has 5 nitrogen and oxygen atoms in total. The van der Waals surface area contributed by atoms with E-state index in [4.69, 9.17) is 4.74 Å². The van der Waals surface area contributed by atoms with Crippen molar-refractivity contribution >= 4 is 5.91 Å². The Hall–Kier alpha value is -2.40. The second kappa shape index (κ2) is 8.12. The number of pyridine rings is 1. The third kappa shape index (κ3) is 4.57. The lowest BCUT2D eigenvalue weighted by Crippen LogP contribution is -2.34. The fraction of sp³-hybridized carbons (Fsp3) is 0.400. The zero-order valence-electron chi connectivity index (χ0n) is 14.5. The summed E-state index contributed by atoms with van der Waals surface area (Å²) in [6.45, 7) is 0.996. The molecule has 0 radical (unpaired) electrons. The molecule has 0 spiro atoms. The minimum absolute atomic E-state index is 0.0501. The molecule has 0 aliphatic heterocycles. The number of hydrogen-bond donors (Lipinski definition) is 1. The minimum atomic E-state index is -0.288. The molecule has 1 N–H and O–H groups in total. The van der Waals surface area contributed by atoms with E-state index in [0.717, 1.165) is 24.8 Å². The van der Waals surface area contributed by atoms with Crippen LogP contribution in [0.4, 0.5) is 0 Å². The highest BCUT2D eigenvalue weighted by atomic mass is 16.5. The van der Waals surface area contributed by atoms with E-state index in [1.165, 1.54) is 0 Å². The van der Waals surface area contributed by atoms with E-state index in [-0.39, 0.29) is 17.9 Å². The van der Waals surface area contributed by atoms with Crippen LogP contribution in [0.15, 0.2) is 48.8 Å². The Kier molecular flexibility index (Phi) is 5.66. The van der Waals surface area contributed by atoms with Gasteiger partial charge >= 0.3 is 0 Å². The van der Waals surface area contributed by atoms with Gasteiger partial charge in [-0.05, 0) is 37.1 Å². The van der Waals surface area contributed by atoms with Gasteiger partial charge in [0.2, 0.25) is 0 Å². The molecule has 1 heterocycles. The second-order valence-corrected chi connectivity index (χ2v) is 6.62. The topological polar surface area (TPSA) is 62.7 Å². The Labute approximate surface area is 148 Å². The predicted octanol–water partition coefficient (Wildman–Crippen LogP) is 2.89. The lowest BCUT2D eigenvalue weighted by molar-refractivity contribution is 0.0693. The fourth-order valence-electron chi connectivity index (χ4n) is 3.25. The van der Waals surface area contributed by atoms with Crippen molar-refractivity contribution in [3.05, 3.63) is 59.9 Å². The average molecular weight is 340 g/mol. The lowest BCUT2D eigenvalue weighted by atomic mass is 10.1. The van der Waals surface area contributed by atoms with Crippen LogP contribution in [0.25, 0.3) is 0 Å². The Balaban J connectivity index is 1.60. The summed E-state index contributed by atoms with van der Waals surface area (Å²) in [6, 6.07) is 11.0. The SMILES string of the molecule is CN(CC1CCCC1O)C(=O)c1cccc(OCc2cccnc2)c1. The van der Waals surface area contributed by atoms with E-state index < -0.39 is 0 Å². The van der Waals surface area contributed by atoms with Gasteiger partial charge in [0.15, 0.2) is 0 Å². The van der Waals surface area contributed by atoms with Gasteiger partial charge in [0.25, 0.3) is 5.91 Å². The molecule has 1 saturated carbocycles. The molecule has 132 valence electrons. The van der Waals surface area contributed by atoms with Crippen LogP contribution >= 0.6 is 0 Å². The maximum atomic E-state index is 12.6. The van der Waals surface area contributed by atoms with Gasteiger partial charge in [0.1, 0.15) is 12.4 Å². The molecule has 2 aromatic rings. The van der Waals surface area contributed by atoms with E-state index in [0.29, 0.717) is 24.5 Å². The van der Waals surface area contributed by atoms with Crippen LogP contribution in [0.1, 0.15) is 35.2 Å². The van der Waals surface area contributed by atoms with E-state index in [2.05, 4.69) is 4.98 Å². The molecule has 1 amide bonds. The van der Waals surface area contributed by atoms with Crippen molar-refractivity contribution < 1.29 is 14.6 Å².